The van der Waals surface area contributed by atoms with Crippen molar-refractivity contribution in [3.05, 3.63) is 29.6 Å². The van der Waals surface area contributed by atoms with Crippen molar-refractivity contribution >= 4 is 17.6 Å². The van der Waals surface area contributed by atoms with Crippen molar-refractivity contribution in [2.24, 2.45) is 0 Å². The molecule has 2 aliphatic heterocycles. The van der Waals surface area contributed by atoms with Gasteiger partial charge in [0.05, 0.1) is 6.04 Å². The number of amides is 3. The number of benzene rings is 1. The molecular formula is C18H24FN3O2. The highest BCUT2D eigenvalue weighted by Gasteiger charge is 2.31. The number of likely N-dealkylation sites (tertiary alicyclic amines) is 2. The second-order valence-electron chi connectivity index (χ2n) is 6.68. The minimum absolute atomic E-state index is 0.0577. The van der Waals surface area contributed by atoms with Gasteiger partial charge in [0.2, 0.25) is 5.91 Å². The lowest BCUT2D eigenvalue weighted by Crippen LogP contribution is -2.51. The Morgan fingerprint density at radius 2 is 2.12 bits per heavy atom. The molecule has 2 fully saturated rings. The van der Waals surface area contributed by atoms with Crippen LogP contribution in [0.3, 0.4) is 0 Å². The maximum Gasteiger partial charge on any atom is 0.322 e. The number of rotatable bonds is 3. The Labute approximate surface area is 141 Å². The van der Waals surface area contributed by atoms with Crippen LogP contribution in [0.15, 0.2) is 18.2 Å². The molecule has 0 saturated carbocycles. The van der Waals surface area contributed by atoms with Crippen LogP contribution in [-0.2, 0) is 4.79 Å². The normalized spacial score (nSPS) is 21.2. The second-order valence-corrected chi connectivity index (χ2v) is 6.68. The molecule has 3 amide bonds. The van der Waals surface area contributed by atoms with Gasteiger partial charge >= 0.3 is 6.03 Å². The summed E-state index contributed by atoms with van der Waals surface area (Å²) in [5.41, 5.74) is 1.10. The van der Waals surface area contributed by atoms with Crippen LogP contribution in [-0.4, -0.2) is 47.4 Å². The number of halogens is 1. The number of hydrogen-bond acceptors (Lipinski definition) is 2. The van der Waals surface area contributed by atoms with Gasteiger partial charge in [0, 0.05) is 31.7 Å². The number of piperidine rings is 1. The largest absolute Gasteiger partial charge is 0.341 e. The maximum atomic E-state index is 13.4. The summed E-state index contributed by atoms with van der Waals surface area (Å²) in [4.78, 5) is 28.2. The molecule has 0 spiro atoms. The van der Waals surface area contributed by atoms with Crippen LogP contribution in [0.5, 0.6) is 0 Å². The third-order valence-corrected chi connectivity index (χ3v) is 4.90. The molecule has 2 heterocycles. The van der Waals surface area contributed by atoms with Crippen molar-refractivity contribution in [1.82, 2.24) is 9.80 Å². The van der Waals surface area contributed by atoms with E-state index in [1.54, 1.807) is 19.1 Å². The van der Waals surface area contributed by atoms with Crippen molar-refractivity contribution < 1.29 is 14.0 Å². The van der Waals surface area contributed by atoms with Gasteiger partial charge in [-0.3, -0.25) is 4.79 Å². The summed E-state index contributed by atoms with van der Waals surface area (Å²) in [7, 11) is 0. The number of aryl methyl sites for hydroxylation is 1. The van der Waals surface area contributed by atoms with E-state index in [-0.39, 0.29) is 23.8 Å². The second kappa shape index (κ2) is 7.20. The lowest BCUT2D eigenvalue weighted by molar-refractivity contribution is -0.128. The minimum atomic E-state index is -0.281. The molecule has 5 nitrogen and oxygen atoms in total. The summed E-state index contributed by atoms with van der Waals surface area (Å²) >= 11 is 0. The minimum Gasteiger partial charge on any atom is -0.341 e. The van der Waals surface area contributed by atoms with Gasteiger partial charge in [-0.2, -0.15) is 0 Å². The van der Waals surface area contributed by atoms with Crippen molar-refractivity contribution in [1.29, 1.82) is 0 Å². The Bertz CT molecular complexity index is 635. The molecule has 1 N–H and O–H groups in total. The molecule has 130 valence electrons. The van der Waals surface area contributed by atoms with E-state index in [0.29, 0.717) is 30.8 Å². The fraction of sp³-hybridized carbons (Fsp3) is 0.556. The number of carbonyl (C=O) groups is 2. The molecule has 3 rings (SSSR count). The van der Waals surface area contributed by atoms with Crippen LogP contribution in [0, 0.1) is 12.7 Å². The summed E-state index contributed by atoms with van der Waals surface area (Å²) < 4.78 is 13.4. The van der Waals surface area contributed by atoms with Crippen LogP contribution in [0.2, 0.25) is 0 Å². The average molecular weight is 333 g/mol. The number of anilines is 1. The number of hydrogen-bond donors (Lipinski definition) is 1. The average Bonchev–Trinajstić information content (AvgIpc) is 2.96. The van der Waals surface area contributed by atoms with Crippen LogP contribution in [0.1, 0.15) is 37.7 Å². The maximum absolute atomic E-state index is 13.4. The Hall–Kier alpha value is -2.11. The zero-order valence-electron chi connectivity index (χ0n) is 14.1. The van der Waals surface area contributed by atoms with Crippen LogP contribution in [0.25, 0.3) is 0 Å². The van der Waals surface area contributed by atoms with E-state index in [1.807, 2.05) is 9.80 Å². The van der Waals surface area contributed by atoms with Gasteiger partial charge in [-0.05, 0) is 56.4 Å². The fourth-order valence-electron chi connectivity index (χ4n) is 3.53. The first-order valence-electron chi connectivity index (χ1n) is 8.66. The van der Waals surface area contributed by atoms with E-state index in [0.717, 1.165) is 32.2 Å². The molecule has 1 aromatic carbocycles. The first-order valence-corrected chi connectivity index (χ1v) is 8.66. The highest BCUT2D eigenvalue weighted by molar-refractivity contribution is 5.89. The third kappa shape index (κ3) is 3.68. The third-order valence-electron chi connectivity index (χ3n) is 4.90. The van der Waals surface area contributed by atoms with Crippen molar-refractivity contribution in [2.45, 2.75) is 45.1 Å². The SMILES string of the molecule is Cc1cc(NC(=O)N2CCCC[C@H]2CN2CCCC2=O)ccc1F. The molecule has 1 aromatic rings. The summed E-state index contributed by atoms with van der Waals surface area (Å²) in [5, 5.41) is 2.86. The zero-order valence-corrected chi connectivity index (χ0v) is 14.1. The summed E-state index contributed by atoms with van der Waals surface area (Å²) in [6, 6.07) is 4.46. The fourth-order valence-corrected chi connectivity index (χ4v) is 3.53. The molecule has 2 aliphatic rings. The molecule has 6 heteroatoms. The van der Waals surface area contributed by atoms with E-state index < -0.39 is 0 Å². The highest BCUT2D eigenvalue weighted by Crippen LogP contribution is 2.22. The van der Waals surface area contributed by atoms with E-state index in [4.69, 9.17) is 0 Å². The number of nitrogens with one attached hydrogen (secondary N) is 1. The molecular weight excluding hydrogens is 309 g/mol. The first-order chi connectivity index (χ1) is 11.5. The van der Waals surface area contributed by atoms with E-state index in [9.17, 15) is 14.0 Å². The molecule has 0 radical (unpaired) electrons. The summed E-state index contributed by atoms with van der Waals surface area (Å²) in [6.07, 6.45) is 4.49. The van der Waals surface area contributed by atoms with E-state index >= 15 is 0 Å². The van der Waals surface area contributed by atoms with Gasteiger partial charge in [-0.15, -0.1) is 0 Å². The molecule has 2 saturated heterocycles. The quantitative estimate of drug-likeness (QED) is 0.924. The predicted octanol–water partition coefficient (Wildman–Crippen LogP) is 3.14. The van der Waals surface area contributed by atoms with Crippen LogP contribution >= 0.6 is 0 Å². The van der Waals surface area contributed by atoms with Crippen LogP contribution < -0.4 is 5.32 Å². The smallest absolute Gasteiger partial charge is 0.322 e. The van der Waals surface area contributed by atoms with Crippen molar-refractivity contribution in [3.8, 4) is 0 Å². The van der Waals surface area contributed by atoms with Crippen LogP contribution in [0.4, 0.5) is 14.9 Å². The molecule has 1 atom stereocenters. The van der Waals surface area contributed by atoms with Gasteiger partial charge in [0.1, 0.15) is 5.82 Å². The van der Waals surface area contributed by atoms with Gasteiger partial charge in [-0.1, -0.05) is 0 Å². The molecule has 0 bridgehead atoms. The van der Waals surface area contributed by atoms with Crippen molar-refractivity contribution in [3.63, 3.8) is 0 Å². The molecule has 0 aromatic heterocycles. The number of carbonyl (C=O) groups excluding carboxylic acids is 2. The standard InChI is InChI=1S/C18H24FN3O2/c1-13-11-14(7-8-16(13)19)20-18(24)22-10-3-2-5-15(22)12-21-9-4-6-17(21)23/h7-8,11,15H,2-6,9-10,12H2,1H3,(H,20,24)/t15-/m0/s1. The first kappa shape index (κ1) is 16.7. The zero-order chi connectivity index (χ0) is 17.1. The summed E-state index contributed by atoms with van der Waals surface area (Å²) in [6.45, 7) is 3.78. The Morgan fingerprint density at radius 1 is 1.29 bits per heavy atom. The Kier molecular flexibility index (Phi) is 5.02. The summed E-state index contributed by atoms with van der Waals surface area (Å²) in [5.74, 6) is -0.0912. The molecule has 0 unspecified atom stereocenters. The Balaban J connectivity index is 1.66. The van der Waals surface area contributed by atoms with Gasteiger partial charge < -0.3 is 15.1 Å². The van der Waals surface area contributed by atoms with E-state index in [1.165, 1.54) is 6.07 Å². The van der Waals surface area contributed by atoms with Crippen molar-refractivity contribution in [2.75, 3.05) is 25.0 Å². The predicted molar refractivity (Wildman–Crippen MR) is 90.3 cm³/mol. The van der Waals surface area contributed by atoms with Gasteiger partial charge in [0.25, 0.3) is 0 Å². The number of urea groups is 1. The highest BCUT2D eigenvalue weighted by atomic mass is 19.1. The van der Waals surface area contributed by atoms with Gasteiger partial charge in [0.15, 0.2) is 0 Å². The lowest BCUT2D eigenvalue weighted by atomic mass is 10.0. The molecule has 0 aliphatic carbocycles. The van der Waals surface area contributed by atoms with Gasteiger partial charge in [-0.25, -0.2) is 9.18 Å². The topological polar surface area (TPSA) is 52.7 Å². The lowest BCUT2D eigenvalue weighted by Gasteiger charge is -2.37. The monoisotopic (exact) mass is 333 g/mol. The number of nitrogens with zero attached hydrogens (tertiary/aromatic N) is 2. The molecule has 24 heavy (non-hydrogen) atoms. The Morgan fingerprint density at radius 3 is 2.83 bits per heavy atom. The van der Waals surface area contributed by atoms with E-state index in [2.05, 4.69) is 5.32 Å².